The van der Waals surface area contributed by atoms with Crippen LogP contribution in [0.4, 0.5) is 8.78 Å². The maximum absolute atomic E-state index is 13.4. The van der Waals surface area contributed by atoms with Gasteiger partial charge in [0.15, 0.2) is 0 Å². The smallest absolute Gasteiger partial charge is 0.261 e. The Kier molecular flexibility index (Phi) is 5.25. The van der Waals surface area contributed by atoms with Crippen LogP contribution >= 0.6 is 0 Å². The van der Waals surface area contributed by atoms with E-state index in [0.29, 0.717) is 16.7 Å². The highest BCUT2D eigenvalue weighted by molar-refractivity contribution is 7.84. The van der Waals surface area contributed by atoms with E-state index in [-0.39, 0.29) is 24.4 Å². The van der Waals surface area contributed by atoms with Crippen molar-refractivity contribution in [3.05, 3.63) is 39.4 Å². The van der Waals surface area contributed by atoms with Crippen LogP contribution in [0.3, 0.4) is 0 Å². The molecule has 2 atom stereocenters. The van der Waals surface area contributed by atoms with Gasteiger partial charge >= 0.3 is 0 Å². The molecular formula is C20H27F2N3O2S. The van der Waals surface area contributed by atoms with Gasteiger partial charge in [0.05, 0.1) is 26.6 Å². The van der Waals surface area contributed by atoms with Crippen molar-refractivity contribution in [1.29, 1.82) is 0 Å². The largest absolute Gasteiger partial charge is 0.299 e. The molecule has 1 aliphatic rings. The topological polar surface area (TPSA) is 64.0 Å². The van der Waals surface area contributed by atoms with E-state index in [2.05, 4.69) is 9.71 Å². The number of alkyl halides is 2. The van der Waals surface area contributed by atoms with Gasteiger partial charge in [-0.1, -0.05) is 6.07 Å². The van der Waals surface area contributed by atoms with Crippen molar-refractivity contribution in [2.45, 2.75) is 70.1 Å². The summed E-state index contributed by atoms with van der Waals surface area (Å²) in [5.41, 5.74) is 1.88. The summed E-state index contributed by atoms with van der Waals surface area (Å²) in [5, 5.41) is 0.447. The molecule has 2 aromatic rings. The standard InChI is InChI=1S/C20H27F2N3O2S/c1-11-7-14(12(2)24-28(27)19(3,4)5)16-15(8-11)18(26)25(6)17(23-16)13-9-20(21,22)10-13/h7-8,12-13,24H,9-10H2,1-6H3/t12-,28-/m1/s1. The molecule has 1 heterocycles. The molecule has 1 aromatic heterocycles. The maximum atomic E-state index is 13.4. The molecule has 0 unspecified atom stereocenters. The van der Waals surface area contributed by atoms with E-state index in [4.69, 9.17) is 0 Å². The summed E-state index contributed by atoms with van der Waals surface area (Å²) in [5.74, 6) is -2.73. The SMILES string of the molecule is Cc1cc([C@@H](C)N[S@](=O)C(C)(C)C)c2nc(C3CC(F)(F)C3)n(C)c(=O)c2c1. The Hall–Kier alpha value is -1.67. The van der Waals surface area contributed by atoms with Crippen LogP contribution in [0.1, 0.15) is 69.4 Å². The van der Waals surface area contributed by atoms with Gasteiger partial charge in [0.1, 0.15) is 5.82 Å². The molecule has 0 aliphatic heterocycles. The second kappa shape index (κ2) is 6.99. The normalized spacial score (nSPS) is 19.4. The molecule has 1 saturated carbocycles. The summed E-state index contributed by atoms with van der Waals surface area (Å²) >= 11 is 0. The summed E-state index contributed by atoms with van der Waals surface area (Å²) in [6.45, 7) is 9.38. The van der Waals surface area contributed by atoms with E-state index in [9.17, 15) is 17.8 Å². The minimum absolute atomic E-state index is 0.246. The number of nitrogens with zero attached hydrogens (tertiary/aromatic N) is 2. The molecule has 8 heteroatoms. The lowest BCUT2D eigenvalue weighted by atomic mass is 9.80. The Bertz CT molecular complexity index is 1000. The monoisotopic (exact) mass is 411 g/mol. The summed E-state index contributed by atoms with van der Waals surface area (Å²) in [6.07, 6.45) is -0.580. The first-order valence-corrected chi connectivity index (χ1v) is 10.5. The highest BCUT2D eigenvalue weighted by Crippen LogP contribution is 2.47. The van der Waals surface area contributed by atoms with Gasteiger partial charge in [0.25, 0.3) is 5.56 Å². The fraction of sp³-hybridized carbons (Fsp3) is 0.600. The number of benzene rings is 1. The Balaban J connectivity index is 2.11. The molecule has 0 saturated heterocycles. The van der Waals surface area contributed by atoms with Crippen LogP contribution in [0.5, 0.6) is 0 Å². The Morgan fingerprint density at radius 1 is 1.32 bits per heavy atom. The highest BCUT2D eigenvalue weighted by atomic mass is 32.2. The van der Waals surface area contributed by atoms with Gasteiger partial charge < -0.3 is 0 Å². The van der Waals surface area contributed by atoms with Crippen LogP contribution in [0.15, 0.2) is 16.9 Å². The van der Waals surface area contributed by atoms with Crippen LogP contribution in [-0.2, 0) is 18.0 Å². The van der Waals surface area contributed by atoms with Gasteiger partial charge in [0.2, 0.25) is 5.92 Å². The second-order valence-electron chi connectivity index (χ2n) is 8.77. The summed E-state index contributed by atoms with van der Waals surface area (Å²) < 4.78 is 43.3. The quantitative estimate of drug-likeness (QED) is 0.831. The minimum atomic E-state index is -2.69. The average molecular weight is 412 g/mol. The van der Waals surface area contributed by atoms with Crippen LogP contribution in [-0.4, -0.2) is 24.4 Å². The molecule has 0 spiro atoms. The molecule has 5 nitrogen and oxygen atoms in total. The third-order valence-corrected chi connectivity index (χ3v) is 6.83. The average Bonchev–Trinajstić information content (AvgIpc) is 2.54. The first-order chi connectivity index (χ1) is 12.8. The van der Waals surface area contributed by atoms with E-state index in [1.54, 1.807) is 13.1 Å². The summed E-state index contributed by atoms with van der Waals surface area (Å²) in [6, 6.07) is 3.35. The number of hydrogen-bond acceptors (Lipinski definition) is 3. The third kappa shape index (κ3) is 3.89. The van der Waals surface area contributed by atoms with Crippen LogP contribution in [0, 0.1) is 6.92 Å². The molecule has 0 bridgehead atoms. The van der Waals surface area contributed by atoms with E-state index in [1.807, 2.05) is 40.7 Å². The zero-order valence-corrected chi connectivity index (χ0v) is 17.9. The van der Waals surface area contributed by atoms with Crippen LogP contribution in [0.25, 0.3) is 10.9 Å². The van der Waals surface area contributed by atoms with Crippen molar-refractivity contribution in [1.82, 2.24) is 14.3 Å². The van der Waals surface area contributed by atoms with Crippen molar-refractivity contribution in [3.8, 4) is 0 Å². The minimum Gasteiger partial charge on any atom is -0.299 e. The number of nitrogens with one attached hydrogen (secondary N) is 1. The molecule has 1 fully saturated rings. The predicted octanol–water partition coefficient (Wildman–Crippen LogP) is 3.87. The second-order valence-corrected chi connectivity index (χ2v) is 10.8. The van der Waals surface area contributed by atoms with Crippen molar-refractivity contribution in [2.24, 2.45) is 7.05 Å². The zero-order chi connectivity index (χ0) is 21.0. The Morgan fingerprint density at radius 2 is 1.93 bits per heavy atom. The predicted molar refractivity (Wildman–Crippen MR) is 108 cm³/mol. The van der Waals surface area contributed by atoms with E-state index < -0.39 is 27.6 Å². The lowest BCUT2D eigenvalue weighted by Crippen LogP contribution is -2.38. The zero-order valence-electron chi connectivity index (χ0n) is 17.1. The number of aryl methyl sites for hydroxylation is 1. The van der Waals surface area contributed by atoms with E-state index >= 15 is 0 Å². The van der Waals surface area contributed by atoms with Gasteiger partial charge in [-0.05, 0) is 51.8 Å². The molecule has 1 aromatic carbocycles. The molecule has 3 rings (SSSR count). The van der Waals surface area contributed by atoms with Crippen molar-refractivity contribution in [3.63, 3.8) is 0 Å². The van der Waals surface area contributed by atoms with Gasteiger partial charge in [-0.2, -0.15) is 0 Å². The molecular weight excluding hydrogens is 384 g/mol. The maximum Gasteiger partial charge on any atom is 0.261 e. The van der Waals surface area contributed by atoms with E-state index in [1.165, 1.54) is 4.57 Å². The lowest BCUT2D eigenvalue weighted by molar-refractivity contribution is -0.0891. The number of rotatable bonds is 4. The fourth-order valence-electron chi connectivity index (χ4n) is 3.51. The van der Waals surface area contributed by atoms with Gasteiger partial charge in [-0.15, -0.1) is 0 Å². The molecule has 28 heavy (non-hydrogen) atoms. The lowest BCUT2D eigenvalue weighted by Gasteiger charge is -2.35. The number of hydrogen-bond donors (Lipinski definition) is 1. The summed E-state index contributed by atoms with van der Waals surface area (Å²) in [4.78, 5) is 17.6. The molecule has 1 aliphatic carbocycles. The number of halogens is 2. The van der Waals surface area contributed by atoms with Crippen molar-refractivity contribution >= 4 is 21.9 Å². The molecule has 0 radical (unpaired) electrons. The summed E-state index contributed by atoms with van der Waals surface area (Å²) in [7, 11) is 0.280. The molecule has 1 N–H and O–H groups in total. The third-order valence-electron chi connectivity index (χ3n) is 5.15. The first kappa shape index (κ1) is 21.0. The van der Waals surface area contributed by atoms with Crippen LogP contribution < -0.4 is 10.3 Å². The number of fused-ring (bicyclic) bond motifs is 1. The van der Waals surface area contributed by atoms with Gasteiger partial charge in [-0.25, -0.2) is 22.7 Å². The molecule has 154 valence electrons. The molecule has 0 amide bonds. The fourth-order valence-corrected chi connectivity index (χ4v) is 4.31. The van der Waals surface area contributed by atoms with Gasteiger partial charge in [0, 0.05) is 31.8 Å². The highest BCUT2D eigenvalue weighted by Gasteiger charge is 2.47. The first-order valence-electron chi connectivity index (χ1n) is 9.37. The van der Waals surface area contributed by atoms with Crippen LogP contribution in [0.2, 0.25) is 0 Å². The number of aromatic nitrogens is 2. The van der Waals surface area contributed by atoms with Gasteiger partial charge in [-0.3, -0.25) is 9.36 Å². The van der Waals surface area contributed by atoms with Crippen molar-refractivity contribution in [2.75, 3.05) is 0 Å². The van der Waals surface area contributed by atoms with Crippen molar-refractivity contribution < 1.29 is 13.0 Å². The Morgan fingerprint density at radius 3 is 2.46 bits per heavy atom. The Labute approximate surface area is 166 Å². The van der Waals surface area contributed by atoms with E-state index in [0.717, 1.165) is 11.1 Å².